The third-order valence-corrected chi connectivity index (χ3v) is 2.52. The number of hydrogen-bond acceptors (Lipinski definition) is 5. The lowest BCUT2D eigenvalue weighted by Gasteiger charge is -2.11. The van der Waals surface area contributed by atoms with Crippen LogP contribution in [0.3, 0.4) is 0 Å². The van der Waals surface area contributed by atoms with Gasteiger partial charge in [0, 0.05) is 13.6 Å². The zero-order valence-corrected chi connectivity index (χ0v) is 10.4. The minimum atomic E-state index is -0.600. The molecule has 0 unspecified atom stereocenters. The fraction of sp³-hybridized carbons (Fsp3) is 0.364. The molecule has 2 rings (SSSR count). The van der Waals surface area contributed by atoms with Crippen molar-refractivity contribution in [2.24, 2.45) is 7.05 Å². The number of fused-ring (bicyclic) bond motifs is 1. The summed E-state index contributed by atoms with van der Waals surface area (Å²) in [5.41, 5.74) is -0.903. The van der Waals surface area contributed by atoms with Gasteiger partial charge in [0.1, 0.15) is 0 Å². The maximum absolute atomic E-state index is 12.0. The van der Waals surface area contributed by atoms with Gasteiger partial charge in [-0.1, -0.05) is 6.08 Å². The number of allylic oxidation sites excluding steroid dienone is 1. The highest BCUT2D eigenvalue weighted by Gasteiger charge is 2.18. The highest BCUT2D eigenvalue weighted by Crippen LogP contribution is 2.10. The molecule has 0 N–H and O–H groups in total. The molecule has 0 aromatic rings. The fourth-order valence-corrected chi connectivity index (χ4v) is 1.59. The first-order valence-electron chi connectivity index (χ1n) is 5.57. The Morgan fingerprint density at radius 1 is 1.28 bits per heavy atom. The van der Waals surface area contributed by atoms with Crippen LogP contribution in [0.4, 0.5) is 0 Å². The Hall–Kier alpha value is -2.31. The summed E-state index contributed by atoms with van der Waals surface area (Å²) in [6.07, 6.45) is 3.47. The van der Waals surface area contributed by atoms with Gasteiger partial charge in [-0.15, -0.1) is 0 Å². The molecule has 0 radical (unpaired) electrons. The smallest absolute Gasteiger partial charge is 0.267 e. The van der Waals surface area contributed by atoms with E-state index in [0.29, 0.717) is 12.4 Å². The van der Waals surface area contributed by atoms with Crippen molar-refractivity contribution in [3.8, 4) is 11.5 Å². The zero-order chi connectivity index (χ0) is 13.3. The monoisotopic (exact) mass is 247 g/mol. The summed E-state index contributed by atoms with van der Waals surface area (Å²) in [6, 6.07) is 0. The van der Waals surface area contributed by atoms with Crippen LogP contribution in [0, 0.1) is 0 Å². The molecule has 0 fully saturated rings. The molecule has 2 heterocycles. The van der Waals surface area contributed by atoms with Crippen LogP contribution < -0.4 is 11.2 Å². The Bertz CT molecular complexity index is 698. The summed E-state index contributed by atoms with van der Waals surface area (Å²) >= 11 is 0. The van der Waals surface area contributed by atoms with Crippen molar-refractivity contribution in [1.82, 2.24) is 24.3 Å². The van der Waals surface area contributed by atoms with Crippen molar-refractivity contribution >= 4 is 6.08 Å². The van der Waals surface area contributed by atoms with E-state index in [0.717, 1.165) is 4.57 Å². The molecule has 0 saturated carbocycles. The minimum absolute atomic E-state index is 0.155. The summed E-state index contributed by atoms with van der Waals surface area (Å²) in [5, 5.41) is 4.19. The van der Waals surface area contributed by atoms with Crippen LogP contribution in [0.5, 0.6) is 0 Å². The van der Waals surface area contributed by atoms with E-state index in [9.17, 15) is 9.59 Å². The van der Waals surface area contributed by atoms with Crippen molar-refractivity contribution in [2.45, 2.75) is 20.4 Å². The molecule has 0 aliphatic carbocycles. The minimum Gasteiger partial charge on any atom is -0.267 e. The van der Waals surface area contributed by atoms with Gasteiger partial charge in [0.2, 0.25) is 0 Å². The molecule has 0 saturated heterocycles. The van der Waals surface area contributed by atoms with Crippen LogP contribution in [0.2, 0.25) is 0 Å². The largest absolute Gasteiger partial charge is 0.352 e. The SMILES string of the molecule is CC=Cc1nc2c(=O)n(C)c(=O)nc-2n(CC)n1. The molecule has 0 spiro atoms. The Labute approximate surface area is 103 Å². The molecule has 0 aromatic heterocycles. The molecule has 0 atom stereocenters. The Morgan fingerprint density at radius 3 is 2.61 bits per heavy atom. The second-order valence-electron chi connectivity index (χ2n) is 3.72. The predicted molar refractivity (Wildman–Crippen MR) is 66.3 cm³/mol. The Kier molecular flexibility index (Phi) is 3.05. The van der Waals surface area contributed by atoms with E-state index >= 15 is 0 Å². The van der Waals surface area contributed by atoms with E-state index < -0.39 is 11.2 Å². The van der Waals surface area contributed by atoms with Crippen molar-refractivity contribution in [2.75, 3.05) is 0 Å². The van der Waals surface area contributed by atoms with Crippen LogP contribution in [-0.2, 0) is 13.6 Å². The molecule has 2 aliphatic rings. The molecule has 2 aliphatic heterocycles. The van der Waals surface area contributed by atoms with Crippen LogP contribution >= 0.6 is 0 Å². The summed E-state index contributed by atoms with van der Waals surface area (Å²) in [6.45, 7) is 4.19. The third-order valence-electron chi connectivity index (χ3n) is 2.52. The van der Waals surface area contributed by atoms with Gasteiger partial charge in [-0.25, -0.2) is 14.5 Å². The van der Waals surface area contributed by atoms with E-state index in [4.69, 9.17) is 0 Å². The van der Waals surface area contributed by atoms with E-state index in [1.54, 1.807) is 12.2 Å². The number of nitrogens with zero attached hydrogens (tertiary/aromatic N) is 5. The molecule has 0 aromatic carbocycles. The lowest BCUT2D eigenvalue weighted by atomic mass is 10.3. The fourth-order valence-electron chi connectivity index (χ4n) is 1.59. The van der Waals surface area contributed by atoms with Gasteiger partial charge in [-0.3, -0.25) is 9.36 Å². The summed E-state index contributed by atoms with van der Waals surface area (Å²) < 4.78 is 2.44. The molecule has 7 nitrogen and oxygen atoms in total. The molecule has 0 bridgehead atoms. The Balaban J connectivity index is 2.92. The van der Waals surface area contributed by atoms with Crippen LogP contribution in [0.15, 0.2) is 15.7 Å². The lowest BCUT2D eigenvalue weighted by Crippen LogP contribution is -2.37. The first-order valence-corrected chi connectivity index (χ1v) is 5.57. The summed E-state index contributed by atoms with van der Waals surface area (Å²) in [4.78, 5) is 31.4. The van der Waals surface area contributed by atoms with Gasteiger partial charge in [-0.05, 0) is 19.9 Å². The quantitative estimate of drug-likeness (QED) is 0.739. The van der Waals surface area contributed by atoms with Gasteiger partial charge in [-0.2, -0.15) is 10.1 Å². The number of aromatic nitrogens is 5. The van der Waals surface area contributed by atoms with Gasteiger partial charge >= 0.3 is 5.69 Å². The van der Waals surface area contributed by atoms with E-state index in [1.165, 1.54) is 11.7 Å². The molecular formula is C11H13N5O2. The van der Waals surface area contributed by atoms with Crippen LogP contribution in [-0.4, -0.2) is 24.3 Å². The van der Waals surface area contributed by atoms with Crippen LogP contribution in [0.1, 0.15) is 19.7 Å². The van der Waals surface area contributed by atoms with Crippen molar-refractivity contribution < 1.29 is 0 Å². The molecule has 94 valence electrons. The Morgan fingerprint density at radius 2 is 2.00 bits per heavy atom. The average Bonchev–Trinajstić information content (AvgIpc) is 2.37. The van der Waals surface area contributed by atoms with Gasteiger partial charge < -0.3 is 0 Å². The predicted octanol–water partition coefficient (Wildman–Crippen LogP) is -0.110. The lowest BCUT2D eigenvalue weighted by molar-refractivity contribution is 0.604. The van der Waals surface area contributed by atoms with Gasteiger partial charge in [0.05, 0.1) is 0 Å². The van der Waals surface area contributed by atoms with E-state index in [1.807, 2.05) is 13.8 Å². The standard InChI is InChI=1S/C11H13N5O2/c1-4-6-7-12-8-9(16(5-2)14-7)13-11(18)15(3)10(8)17/h4,6H,5H2,1-3H3. The third kappa shape index (κ3) is 1.83. The first-order chi connectivity index (χ1) is 8.58. The summed E-state index contributed by atoms with van der Waals surface area (Å²) in [5.74, 6) is 0.642. The van der Waals surface area contributed by atoms with Gasteiger partial charge in [0.25, 0.3) is 5.56 Å². The van der Waals surface area contributed by atoms with E-state index in [-0.39, 0.29) is 11.5 Å². The number of hydrogen-bond donors (Lipinski definition) is 0. The first kappa shape index (κ1) is 12.2. The zero-order valence-electron chi connectivity index (χ0n) is 10.4. The molecule has 7 heteroatoms. The molecular weight excluding hydrogens is 234 g/mol. The second-order valence-corrected chi connectivity index (χ2v) is 3.72. The summed E-state index contributed by atoms with van der Waals surface area (Å²) in [7, 11) is 1.38. The average molecular weight is 247 g/mol. The topological polar surface area (TPSA) is 82.7 Å². The second kappa shape index (κ2) is 4.52. The number of aryl methyl sites for hydroxylation is 1. The maximum atomic E-state index is 12.0. The van der Waals surface area contributed by atoms with Gasteiger partial charge in [0.15, 0.2) is 17.3 Å². The normalized spacial score (nSPS) is 11.5. The molecule has 0 amide bonds. The van der Waals surface area contributed by atoms with Crippen molar-refractivity contribution in [1.29, 1.82) is 0 Å². The maximum Gasteiger partial charge on any atom is 0.352 e. The molecule has 18 heavy (non-hydrogen) atoms. The highest BCUT2D eigenvalue weighted by atomic mass is 16.2. The van der Waals surface area contributed by atoms with Crippen molar-refractivity contribution in [3.63, 3.8) is 0 Å². The van der Waals surface area contributed by atoms with E-state index in [2.05, 4.69) is 15.1 Å². The highest BCUT2D eigenvalue weighted by molar-refractivity contribution is 5.51. The van der Waals surface area contributed by atoms with Crippen molar-refractivity contribution in [3.05, 3.63) is 32.7 Å². The number of rotatable bonds is 2. The van der Waals surface area contributed by atoms with Crippen LogP contribution in [0.25, 0.3) is 17.6 Å².